The van der Waals surface area contributed by atoms with Gasteiger partial charge in [0.1, 0.15) is 5.82 Å². The lowest BCUT2D eigenvalue weighted by atomic mass is 10.1. The number of halogens is 3. The van der Waals surface area contributed by atoms with Crippen LogP contribution in [0.5, 0.6) is 0 Å². The predicted molar refractivity (Wildman–Crippen MR) is 72.8 cm³/mol. The zero-order valence-electron chi connectivity index (χ0n) is 9.56. The summed E-state index contributed by atoms with van der Waals surface area (Å²) in [6.45, 7) is 1.61. The summed E-state index contributed by atoms with van der Waals surface area (Å²) in [5.74, 6) is 0.362. The number of hydrogen-bond acceptors (Lipinski definition) is 1. The van der Waals surface area contributed by atoms with Gasteiger partial charge in [0, 0.05) is 16.4 Å². The topological polar surface area (TPSA) is 12.0 Å². The molecule has 2 unspecified atom stereocenters. The third-order valence-corrected chi connectivity index (χ3v) is 4.26. The molecule has 2 atom stereocenters. The monoisotopic (exact) mass is 319 g/mol. The van der Waals surface area contributed by atoms with E-state index in [9.17, 15) is 4.39 Å². The molecule has 1 aromatic rings. The van der Waals surface area contributed by atoms with Crippen LogP contribution in [0.2, 0.25) is 0 Å². The van der Waals surface area contributed by atoms with Crippen molar-refractivity contribution in [2.45, 2.75) is 31.2 Å². The van der Waals surface area contributed by atoms with E-state index in [2.05, 4.69) is 21.2 Å². The molecule has 1 N–H and O–H groups in total. The van der Waals surface area contributed by atoms with Crippen LogP contribution in [-0.4, -0.2) is 11.9 Å². The number of rotatable bonds is 4. The molecular weight excluding hydrogens is 305 g/mol. The summed E-state index contributed by atoms with van der Waals surface area (Å²) < 4.78 is 13.9. The molecule has 0 bridgehead atoms. The van der Waals surface area contributed by atoms with Crippen molar-refractivity contribution >= 4 is 27.5 Å². The molecule has 1 aliphatic carbocycles. The van der Waals surface area contributed by atoms with E-state index in [-0.39, 0.29) is 5.82 Å². The fourth-order valence-corrected chi connectivity index (χ4v) is 3.22. The molecule has 2 rings (SSSR count). The van der Waals surface area contributed by atoms with Crippen molar-refractivity contribution in [3.8, 4) is 0 Å². The van der Waals surface area contributed by atoms with E-state index in [0.717, 1.165) is 23.0 Å². The molecule has 17 heavy (non-hydrogen) atoms. The zero-order chi connectivity index (χ0) is 12.3. The van der Waals surface area contributed by atoms with Crippen molar-refractivity contribution in [3.05, 3.63) is 34.1 Å². The molecule has 0 heterocycles. The number of alkyl halides is 1. The van der Waals surface area contributed by atoms with Crippen LogP contribution in [0, 0.1) is 11.7 Å². The Morgan fingerprint density at radius 3 is 2.82 bits per heavy atom. The van der Waals surface area contributed by atoms with Gasteiger partial charge in [0.2, 0.25) is 0 Å². The minimum atomic E-state index is -0.202. The van der Waals surface area contributed by atoms with E-state index in [0.29, 0.717) is 17.8 Å². The molecule has 1 aromatic carbocycles. The largest absolute Gasteiger partial charge is 0.312 e. The first-order chi connectivity index (χ1) is 8.15. The summed E-state index contributed by atoms with van der Waals surface area (Å²) >= 11 is 9.49. The minimum absolute atomic E-state index is 0.202. The van der Waals surface area contributed by atoms with Crippen molar-refractivity contribution in [2.24, 2.45) is 5.92 Å². The maximum absolute atomic E-state index is 13.1. The Morgan fingerprint density at radius 2 is 2.18 bits per heavy atom. The molecule has 0 saturated heterocycles. The molecule has 0 aliphatic heterocycles. The minimum Gasteiger partial charge on any atom is -0.312 e. The first-order valence-electron chi connectivity index (χ1n) is 5.95. The molecule has 0 aromatic heterocycles. The SMILES string of the molecule is Fc1cc(Br)cc(CNCC2CCCC2Cl)c1. The molecule has 1 nitrogen and oxygen atoms in total. The third-order valence-electron chi connectivity index (χ3n) is 3.22. The summed E-state index contributed by atoms with van der Waals surface area (Å²) in [7, 11) is 0. The molecule has 0 spiro atoms. The van der Waals surface area contributed by atoms with Crippen LogP contribution in [0.1, 0.15) is 24.8 Å². The average Bonchev–Trinajstić information content (AvgIpc) is 2.63. The number of hydrogen-bond donors (Lipinski definition) is 1. The lowest BCUT2D eigenvalue weighted by Crippen LogP contribution is -2.25. The third kappa shape index (κ3) is 3.94. The van der Waals surface area contributed by atoms with Crippen molar-refractivity contribution in [1.82, 2.24) is 5.32 Å². The Balaban J connectivity index is 1.81. The smallest absolute Gasteiger partial charge is 0.124 e. The maximum Gasteiger partial charge on any atom is 0.124 e. The van der Waals surface area contributed by atoms with Crippen LogP contribution < -0.4 is 5.32 Å². The summed E-state index contributed by atoms with van der Waals surface area (Å²) in [6, 6.07) is 4.96. The van der Waals surface area contributed by atoms with Gasteiger partial charge in [-0.15, -0.1) is 11.6 Å². The van der Waals surface area contributed by atoms with E-state index in [4.69, 9.17) is 11.6 Å². The van der Waals surface area contributed by atoms with Gasteiger partial charge < -0.3 is 5.32 Å². The van der Waals surface area contributed by atoms with Gasteiger partial charge in [-0.25, -0.2) is 4.39 Å². The molecule has 4 heteroatoms. The van der Waals surface area contributed by atoms with Crippen LogP contribution in [0.3, 0.4) is 0 Å². The maximum atomic E-state index is 13.1. The van der Waals surface area contributed by atoms with E-state index in [1.807, 2.05) is 6.07 Å². The highest BCUT2D eigenvalue weighted by Crippen LogP contribution is 2.29. The lowest BCUT2D eigenvalue weighted by molar-refractivity contribution is 0.493. The Bertz CT molecular complexity index is 365. The number of benzene rings is 1. The quantitative estimate of drug-likeness (QED) is 0.824. The van der Waals surface area contributed by atoms with Crippen LogP contribution in [-0.2, 0) is 6.54 Å². The van der Waals surface area contributed by atoms with Crippen molar-refractivity contribution in [1.29, 1.82) is 0 Å². The van der Waals surface area contributed by atoms with Gasteiger partial charge in [0.05, 0.1) is 0 Å². The summed E-state index contributed by atoms with van der Waals surface area (Å²) in [6.07, 6.45) is 3.56. The van der Waals surface area contributed by atoms with Gasteiger partial charge in [0.25, 0.3) is 0 Å². The van der Waals surface area contributed by atoms with Crippen LogP contribution in [0.15, 0.2) is 22.7 Å². The standard InChI is InChI=1S/C13H16BrClFN/c14-11-4-9(5-12(16)6-11)7-17-8-10-2-1-3-13(10)15/h4-6,10,13,17H,1-3,7-8H2. The second-order valence-corrected chi connectivity index (χ2v) is 6.09. The second kappa shape index (κ2) is 6.17. The molecule has 1 aliphatic rings. The molecule has 94 valence electrons. The highest BCUT2D eigenvalue weighted by molar-refractivity contribution is 9.10. The fraction of sp³-hybridized carbons (Fsp3) is 0.538. The molecule has 0 radical (unpaired) electrons. The van der Waals surface area contributed by atoms with E-state index >= 15 is 0 Å². The van der Waals surface area contributed by atoms with Crippen LogP contribution in [0.4, 0.5) is 4.39 Å². The Morgan fingerprint density at radius 1 is 1.35 bits per heavy atom. The normalized spacial score (nSPS) is 24.2. The van der Waals surface area contributed by atoms with Crippen molar-refractivity contribution in [3.63, 3.8) is 0 Å². The first kappa shape index (κ1) is 13.3. The molecule has 1 saturated carbocycles. The lowest BCUT2D eigenvalue weighted by Gasteiger charge is -2.14. The predicted octanol–water partition coefficient (Wildman–Crippen LogP) is 4.09. The van der Waals surface area contributed by atoms with Crippen LogP contribution in [0.25, 0.3) is 0 Å². The molecule has 1 fully saturated rings. The van der Waals surface area contributed by atoms with Gasteiger partial charge in [-0.1, -0.05) is 22.4 Å². The highest BCUT2D eigenvalue weighted by Gasteiger charge is 2.24. The second-order valence-electron chi connectivity index (χ2n) is 4.62. The van der Waals surface area contributed by atoms with Crippen molar-refractivity contribution in [2.75, 3.05) is 6.54 Å². The number of nitrogens with one attached hydrogen (secondary N) is 1. The van der Waals surface area contributed by atoms with Gasteiger partial charge in [-0.05, 0) is 49.1 Å². The van der Waals surface area contributed by atoms with Gasteiger partial charge in [-0.2, -0.15) is 0 Å². The van der Waals surface area contributed by atoms with E-state index in [1.165, 1.54) is 18.9 Å². The molecule has 0 amide bonds. The fourth-order valence-electron chi connectivity index (χ4n) is 2.34. The Hall–Kier alpha value is -0.120. The van der Waals surface area contributed by atoms with Crippen molar-refractivity contribution < 1.29 is 4.39 Å². The summed E-state index contributed by atoms with van der Waals surface area (Å²) in [5.41, 5.74) is 0.959. The summed E-state index contributed by atoms with van der Waals surface area (Å²) in [5, 5.41) is 3.66. The van der Waals surface area contributed by atoms with Gasteiger partial charge >= 0.3 is 0 Å². The Labute approximate surface area is 115 Å². The zero-order valence-corrected chi connectivity index (χ0v) is 11.9. The average molecular weight is 321 g/mol. The molecular formula is C13H16BrClFN. The van der Waals surface area contributed by atoms with Gasteiger partial charge in [-0.3, -0.25) is 0 Å². The Kier molecular flexibility index (Phi) is 4.83. The van der Waals surface area contributed by atoms with Crippen LogP contribution >= 0.6 is 27.5 Å². The summed E-state index contributed by atoms with van der Waals surface area (Å²) in [4.78, 5) is 0. The van der Waals surface area contributed by atoms with E-state index < -0.39 is 0 Å². The van der Waals surface area contributed by atoms with E-state index in [1.54, 1.807) is 6.07 Å². The highest BCUT2D eigenvalue weighted by atomic mass is 79.9. The van der Waals surface area contributed by atoms with Gasteiger partial charge in [0.15, 0.2) is 0 Å². The first-order valence-corrected chi connectivity index (χ1v) is 7.18.